The fraction of sp³-hybridized carbons (Fsp3) is 0.125. The van der Waals surface area contributed by atoms with Crippen LogP contribution in [-0.2, 0) is 14.3 Å². The number of ether oxygens (including phenoxy) is 2. The molecule has 1 N–H and O–H groups in total. The number of amides is 1. The standard InChI is InChI=1S/C16H11N3O4S/c17-7-11-3-1-2-4-13(11)22-10-15(21)23-9-14(20)19-16-12(8-18)5-6-24-16/h1-6H,9-10H2,(H,19,20). The molecule has 7 nitrogen and oxygen atoms in total. The van der Waals surface area contributed by atoms with Crippen LogP contribution in [0.4, 0.5) is 5.00 Å². The lowest BCUT2D eigenvalue weighted by atomic mass is 10.2. The molecule has 2 rings (SSSR count). The molecule has 0 saturated carbocycles. The van der Waals surface area contributed by atoms with Gasteiger partial charge in [0, 0.05) is 0 Å². The Morgan fingerprint density at radius 1 is 1.08 bits per heavy atom. The Bertz CT molecular complexity index is 832. The fourth-order valence-electron chi connectivity index (χ4n) is 1.67. The van der Waals surface area contributed by atoms with E-state index >= 15 is 0 Å². The maximum Gasteiger partial charge on any atom is 0.344 e. The number of carbonyl (C=O) groups is 2. The average Bonchev–Trinajstić information content (AvgIpc) is 3.05. The van der Waals surface area contributed by atoms with Crippen molar-refractivity contribution in [3.63, 3.8) is 0 Å². The normalized spacial score (nSPS) is 9.42. The number of nitrogens with zero attached hydrogens (tertiary/aromatic N) is 2. The van der Waals surface area contributed by atoms with Gasteiger partial charge in [-0.1, -0.05) is 12.1 Å². The zero-order chi connectivity index (χ0) is 17.4. The van der Waals surface area contributed by atoms with E-state index in [9.17, 15) is 9.59 Å². The first-order valence-electron chi connectivity index (χ1n) is 6.69. The van der Waals surface area contributed by atoms with E-state index in [-0.39, 0.29) is 5.75 Å². The van der Waals surface area contributed by atoms with Gasteiger partial charge in [0.05, 0.1) is 11.1 Å². The molecule has 0 spiro atoms. The predicted octanol–water partition coefficient (Wildman–Crippen LogP) is 2.05. The highest BCUT2D eigenvalue weighted by molar-refractivity contribution is 7.14. The van der Waals surface area contributed by atoms with Gasteiger partial charge < -0.3 is 14.8 Å². The quantitative estimate of drug-likeness (QED) is 0.805. The van der Waals surface area contributed by atoms with Crippen LogP contribution in [0.15, 0.2) is 35.7 Å². The van der Waals surface area contributed by atoms with E-state index in [2.05, 4.69) is 5.32 Å². The smallest absolute Gasteiger partial charge is 0.344 e. The summed E-state index contributed by atoms with van der Waals surface area (Å²) < 4.78 is 9.98. The number of hydrogen-bond donors (Lipinski definition) is 1. The highest BCUT2D eigenvalue weighted by atomic mass is 32.1. The Kier molecular flexibility index (Phi) is 5.89. The van der Waals surface area contributed by atoms with E-state index in [0.717, 1.165) is 0 Å². The third kappa shape index (κ3) is 4.57. The van der Waals surface area contributed by atoms with E-state index < -0.39 is 25.1 Å². The highest BCUT2D eigenvalue weighted by Gasteiger charge is 2.12. The molecule has 0 radical (unpaired) electrons. The molecule has 0 aliphatic rings. The lowest BCUT2D eigenvalue weighted by molar-refractivity contribution is -0.149. The second-order valence-electron chi connectivity index (χ2n) is 4.38. The lowest BCUT2D eigenvalue weighted by Crippen LogP contribution is -2.23. The Morgan fingerprint density at radius 2 is 1.83 bits per heavy atom. The van der Waals surface area contributed by atoms with Crippen molar-refractivity contribution < 1.29 is 19.1 Å². The minimum atomic E-state index is -0.746. The molecule has 0 aliphatic heterocycles. The summed E-state index contributed by atoms with van der Waals surface area (Å²) in [7, 11) is 0. The number of carbonyl (C=O) groups excluding carboxylic acids is 2. The van der Waals surface area contributed by atoms with Crippen LogP contribution in [0.2, 0.25) is 0 Å². The van der Waals surface area contributed by atoms with Crippen LogP contribution in [0.25, 0.3) is 0 Å². The molecule has 0 atom stereocenters. The van der Waals surface area contributed by atoms with E-state index in [1.54, 1.807) is 35.7 Å². The van der Waals surface area contributed by atoms with Gasteiger partial charge in [0.1, 0.15) is 22.9 Å². The Hall–Kier alpha value is -3.36. The summed E-state index contributed by atoms with van der Waals surface area (Å²) in [4.78, 5) is 23.3. The molecule has 120 valence electrons. The third-order valence-corrected chi connectivity index (χ3v) is 3.59. The molecule has 0 saturated heterocycles. The van der Waals surface area contributed by atoms with Crippen molar-refractivity contribution in [1.29, 1.82) is 10.5 Å². The first-order valence-corrected chi connectivity index (χ1v) is 7.57. The number of para-hydroxylation sites is 1. The Morgan fingerprint density at radius 3 is 2.58 bits per heavy atom. The maximum absolute atomic E-state index is 11.7. The van der Waals surface area contributed by atoms with Crippen molar-refractivity contribution in [1.82, 2.24) is 0 Å². The van der Waals surface area contributed by atoms with Gasteiger partial charge in [-0.05, 0) is 23.6 Å². The summed E-state index contributed by atoms with van der Waals surface area (Å²) in [5, 5.41) is 22.3. The predicted molar refractivity (Wildman–Crippen MR) is 85.3 cm³/mol. The van der Waals surface area contributed by atoms with Crippen LogP contribution in [0.3, 0.4) is 0 Å². The summed E-state index contributed by atoms with van der Waals surface area (Å²) in [5.41, 5.74) is 0.640. The molecule has 1 amide bonds. The zero-order valence-corrected chi connectivity index (χ0v) is 13.1. The number of esters is 1. The minimum absolute atomic E-state index is 0.263. The minimum Gasteiger partial charge on any atom is -0.481 e. The van der Waals surface area contributed by atoms with Crippen LogP contribution < -0.4 is 10.1 Å². The Labute approximate surface area is 141 Å². The molecule has 0 aliphatic carbocycles. The van der Waals surface area contributed by atoms with Crippen molar-refractivity contribution in [3.05, 3.63) is 46.8 Å². The SMILES string of the molecule is N#Cc1ccccc1OCC(=O)OCC(=O)Nc1sccc1C#N. The summed E-state index contributed by atoms with van der Waals surface area (Å²) in [6.07, 6.45) is 0. The molecule has 0 unspecified atom stereocenters. The van der Waals surface area contributed by atoms with Crippen LogP contribution in [0.1, 0.15) is 11.1 Å². The number of nitriles is 2. The molecule has 24 heavy (non-hydrogen) atoms. The average molecular weight is 341 g/mol. The number of rotatable bonds is 6. The van der Waals surface area contributed by atoms with E-state index in [0.29, 0.717) is 16.1 Å². The Balaban J connectivity index is 1.78. The van der Waals surface area contributed by atoms with E-state index in [4.69, 9.17) is 20.0 Å². The monoisotopic (exact) mass is 341 g/mol. The van der Waals surface area contributed by atoms with Gasteiger partial charge in [-0.15, -0.1) is 11.3 Å². The second-order valence-corrected chi connectivity index (χ2v) is 5.30. The summed E-state index contributed by atoms with van der Waals surface area (Å²) >= 11 is 1.20. The molecular weight excluding hydrogens is 330 g/mol. The number of benzene rings is 1. The lowest BCUT2D eigenvalue weighted by Gasteiger charge is -2.08. The topological polar surface area (TPSA) is 112 Å². The summed E-state index contributed by atoms with van der Waals surface area (Å²) in [6.45, 7) is -0.917. The molecule has 0 fully saturated rings. The zero-order valence-electron chi connectivity index (χ0n) is 12.3. The van der Waals surface area contributed by atoms with Crippen molar-refractivity contribution >= 4 is 28.2 Å². The number of hydrogen-bond acceptors (Lipinski definition) is 7. The van der Waals surface area contributed by atoms with Crippen LogP contribution in [0.5, 0.6) is 5.75 Å². The van der Waals surface area contributed by atoms with Gasteiger partial charge in [0.25, 0.3) is 5.91 Å². The number of nitrogens with one attached hydrogen (secondary N) is 1. The third-order valence-electron chi connectivity index (χ3n) is 2.76. The van der Waals surface area contributed by atoms with E-state index in [1.165, 1.54) is 11.3 Å². The summed E-state index contributed by atoms with van der Waals surface area (Å²) in [6, 6.07) is 11.9. The largest absolute Gasteiger partial charge is 0.481 e. The van der Waals surface area contributed by atoms with Gasteiger partial charge in [-0.25, -0.2) is 4.79 Å². The van der Waals surface area contributed by atoms with Crippen molar-refractivity contribution in [2.24, 2.45) is 0 Å². The number of anilines is 1. The first-order chi connectivity index (χ1) is 11.6. The number of thiophene rings is 1. The maximum atomic E-state index is 11.7. The molecule has 8 heteroatoms. The van der Waals surface area contributed by atoms with Crippen LogP contribution >= 0.6 is 11.3 Å². The van der Waals surface area contributed by atoms with Crippen molar-refractivity contribution in [2.75, 3.05) is 18.5 Å². The summed E-state index contributed by atoms with van der Waals surface area (Å²) in [5.74, 6) is -1.04. The van der Waals surface area contributed by atoms with Gasteiger partial charge in [-0.3, -0.25) is 4.79 Å². The fourth-order valence-corrected chi connectivity index (χ4v) is 2.42. The molecule has 1 aromatic carbocycles. The van der Waals surface area contributed by atoms with Gasteiger partial charge in [0.15, 0.2) is 13.2 Å². The van der Waals surface area contributed by atoms with Gasteiger partial charge in [-0.2, -0.15) is 10.5 Å². The van der Waals surface area contributed by atoms with Crippen molar-refractivity contribution in [3.8, 4) is 17.9 Å². The first kappa shape index (κ1) is 17.0. The van der Waals surface area contributed by atoms with Crippen LogP contribution in [0, 0.1) is 22.7 Å². The van der Waals surface area contributed by atoms with Gasteiger partial charge in [0.2, 0.25) is 0 Å². The molecular formula is C16H11N3O4S. The molecule has 0 bridgehead atoms. The van der Waals surface area contributed by atoms with E-state index in [1.807, 2.05) is 12.1 Å². The highest BCUT2D eigenvalue weighted by Crippen LogP contribution is 2.21. The molecule has 1 heterocycles. The van der Waals surface area contributed by atoms with Crippen LogP contribution in [-0.4, -0.2) is 25.1 Å². The second kappa shape index (κ2) is 8.32. The molecule has 1 aromatic heterocycles. The van der Waals surface area contributed by atoms with Crippen molar-refractivity contribution in [2.45, 2.75) is 0 Å². The van der Waals surface area contributed by atoms with Gasteiger partial charge >= 0.3 is 5.97 Å². The molecule has 2 aromatic rings.